The first-order valence-electron chi connectivity index (χ1n) is 5.47. The maximum absolute atomic E-state index is 10.5. The summed E-state index contributed by atoms with van der Waals surface area (Å²) in [7, 11) is -2.87. The maximum atomic E-state index is 10.5. The van der Waals surface area contributed by atoms with E-state index in [1.165, 1.54) is 0 Å². The predicted molar refractivity (Wildman–Crippen MR) is 79.5 cm³/mol. The van der Waals surface area contributed by atoms with Crippen molar-refractivity contribution >= 4 is 62.1 Å². The Kier molecular flexibility index (Phi) is 4.47. The van der Waals surface area contributed by atoms with Crippen molar-refractivity contribution in [2.24, 2.45) is 0 Å². The first kappa shape index (κ1) is 14.3. The molecule has 5 heteroatoms. The van der Waals surface area contributed by atoms with Gasteiger partial charge in [0, 0.05) is 0 Å². The van der Waals surface area contributed by atoms with Crippen molar-refractivity contribution < 1.29 is 12.6 Å². The number of rotatable bonds is 2. The van der Waals surface area contributed by atoms with Crippen LogP contribution in [0.15, 0.2) is 54.6 Å². The van der Waals surface area contributed by atoms with E-state index in [1.807, 2.05) is 36.4 Å². The minimum absolute atomic E-state index is 0. The summed E-state index contributed by atoms with van der Waals surface area (Å²) in [6.07, 6.45) is 0. The molecule has 0 radical (unpaired) electrons. The summed E-state index contributed by atoms with van der Waals surface area (Å²) in [6, 6.07) is 17.4. The quantitative estimate of drug-likeness (QED) is 0.445. The first-order chi connectivity index (χ1) is 8.72. The van der Waals surface area contributed by atoms with Gasteiger partial charge in [-0.2, -0.15) is 8.42 Å². The normalized spacial score (nSPS) is 10.6. The molecule has 0 saturated heterocycles. The Morgan fingerprint density at radius 3 is 1.95 bits per heavy atom. The molecule has 0 aromatic heterocycles. The molecule has 0 heterocycles. The minimum atomic E-state index is -2.87. The standard InChI is InChI=1S/C14H10O3S.Na.H/c15-18(16)17-14-6-5-12-7-10-3-1-2-4-11(10)8-13(12)9-14;;/h1-9,18H;;. The second-order valence-electron chi connectivity index (χ2n) is 4.02. The van der Waals surface area contributed by atoms with Gasteiger partial charge in [0.15, 0.2) is 0 Å². The fraction of sp³-hybridized carbons (Fsp3) is 0. The van der Waals surface area contributed by atoms with Crippen LogP contribution in [0.1, 0.15) is 0 Å². The zero-order valence-corrected chi connectivity index (χ0v) is 10.3. The Hall–Kier alpha value is -1.07. The van der Waals surface area contributed by atoms with E-state index in [0.29, 0.717) is 5.75 Å². The average molecular weight is 282 g/mol. The molecule has 3 rings (SSSR count). The second kappa shape index (κ2) is 5.92. The molecule has 3 aromatic rings. The van der Waals surface area contributed by atoms with E-state index in [1.54, 1.807) is 12.1 Å². The van der Waals surface area contributed by atoms with Crippen LogP contribution in [0.25, 0.3) is 21.5 Å². The second-order valence-corrected chi connectivity index (χ2v) is 4.65. The van der Waals surface area contributed by atoms with Gasteiger partial charge in [-0.1, -0.05) is 30.3 Å². The average Bonchev–Trinajstić information content (AvgIpc) is 2.35. The van der Waals surface area contributed by atoms with Crippen LogP contribution in [0.4, 0.5) is 0 Å². The summed E-state index contributed by atoms with van der Waals surface area (Å²) in [5, 5.41) is 4.30. The molecule has 0 saturated carbocycles. The SMILES string of the molecule is O=[SH](=O)Oc1ccc2cc3ccccc3cc2c1.[NaH]. The predicted octanol–water partition coefficient (Wildman–Crippen LogP) is 2.25. The molecular weight excluding hydrogens is 271 g/mol. The number of hydrogen-bond donors (Lipinski definition) is 1. The fourth-order valence-electron chi connectivity index (χ4n) is 2.06. The zero-order valence-electron chi connectivity index (χ0n) is 9.37. The van der Waals surface area contributed by atoms with Gasteiger partial charge in [0.1, 0.15) is 5.75 Å². The summed E-state index contributed by atoms with van der Waals surface area (Å²) in [5.41, 5.74) is 0. The van der Waals surface area contributed by atoms with Crippen molar-refractivity contribution in [1.29, 1.82) is 0 Å². The Morgan fingerprint density at radius 1 is 0.737 bits per heavy atom. The summed E-state index contributed by atoms with van der Waals surface area (Å²) in [4.78, 5) is 0. The first-order valence-corrected chi connectivity index (χ1v) is 6.57. The Labute approximate surface area is 134 Å². The third kappa shape index (κ3) is 3.09. The van der Waals surface area contributed by atoms with Crippen LogP contribution in [-0.4, -0.2) is 38.0 Å². The molecular formula is C14H11NaO3S. The Morgan fingerprint density at radius 2 is 1.32 bits per heavy atom. The molecule has 0 spiro atoms. The van der Waals surface area contributed by atoms with E-state index < -0.39 is 11.0 Å². The molecule has 0 aliphatic carbocycles. The van der Waals surface area contributed by atoms with Crippen molar-refractivity contribution in [3.63, 3.8) is 0 Å². The molecule has 0 aliphatic rings. The van der Waals surface area contributed by atoms with Gasteiger partial charge in [-0.3, -0.25) is 0 Å². The van der Waals surface area contributed by atoms with Crippen molar-refractivity contribution in [3.8, 4) is 5.75 Å². The number of thiol groups is 1. The summed E-state index contributed by atoms with van der Waals surface area (Å²) in [5.74, 6) is 0.342. The molecule has 0 bridgehead atoms. The Balaban J connectivity index is 0.00000133. The van der Waals surface area contributed by atoms with Gasteiger partial charge in [0.05, 0.1) is 0 Å². The third-order valence-corrected chi connectivity index (χ3v) is 3.22. The van der Waals surface area contributed by atoms with Crippen LogP contribution >= 0.6 is 0 Å². The molecule has 0 aliphatic heterocycles. The third-order valence-electron chi connectivity index (χ3n) is 2.86. The molecule has 0 amide bonds. The van der Waals surface area contributed by atoms with Gasteiger partial charge in [-0.05, 0) is 45.8 Å². The number of hydrogen-bond acceptors (Lipinski definition) is 3. The molecule has 0 atom stereocenters. The van der Waals surface area contributed by atoms with E-state index in [-0.39, 0.29) is 29.6 Å². The van der Waals surface area contributed by atoms with Gasteiger partial charge in [-0.25, -0.2) is 0 Å². The molecule has 19 heavy (non-hydrogen) atoms. The van der Waals surface area contributed by atoms with E-state index in [2.05, 4.69) is 10.2 Å². The summed E-state index contributed by atoms with van der Waals surface area (Å²) < 4.78 is 25.8. The summed E-state index contributed by atoms with van der Waals surface area (Å²) >= 11 is 0. The Bertz CT molecular complexity index is 804. The van der Waals surface area contributed by atoms with Crippen molar-refractivity contribution in [1.82, 2.24) is 0 Å². The van der Waals surface area contributed by atoms with Crippen LogP contribution in [0.5, 0.6) is 5.75 Å². The zero-order chi connectivity index (χ0) is 12.5. The van der Waals surface area contributed by atoms with Gasteiger partial charge in [0.2, 0.25) is 0 Å². The van der Waals surface area contributed by atoms with Crippen molar-refractivity contribution in [2.45, 2.75) is 0 Å². The van der Waals surface area contributed by atoms with Crippen LogP contribution in [0, 0.1) is 0 Å². The van der Waals surface area contributed by atoms with E-state index in [9.17, 15) is 8.42 Å². The number of fused-ring (bicyclic) bond motifs is 2. The molecule has 0 N–H and O–H groups in total. The van der Waals surface area contributed by atoms with E-state index >= 15 is 0 Å². The van der Waals surface area contributed by atoms with Crippen LogP contribution in [0.3, 0.4) is 0 Å². The summed E-state index contributed by atoms with van der Waals surface area (Å²) in [6.45, 7) is 0. The molecule has 3 aromatic carbocycles. The monoisotopic (exact) mass is 282 g/mol. The van der Waals surface area contributed by atoms with Crippen LogP contribution in [0.2, 0.25) is 0 Å². The molecule has 92 valence electrons. The van der Waals surface area contributed by atoms with Gasteiger partial charge in [0.25, 0.3) is 11.0 Å². The van der Waals surface area contributed by atoms with Crippen molar-refractivity contribution in [2.75, 3.05) is 0 Å². The number of benzene rings is 3. The van der Waals surface area contributed by atoms with Crippen LogP contribution in [-0.2, 0) is 11.0 Å². The topological polar surface area (TPSA) is 43.4 Å². The molecule has 3 nitrogen and oxygen atoms in total. The van der Waals surface area contributed by atoms with Crippen LogP contribution < -0.4 is 4.18 Å². The van der Waals surface area contributed by atoms with Crippen molar-refractivity contribution in [3.05, 3.63) is 54.6 Å². The van der Waals surface area contributed by atoms with Gasteiger partial charge in [-0.15, -0.1) is 0 Å². The van der Waals surface area contributed by atoms with E-state index in [0.717, 1.165) is 21.5 Å². The van der Waals surface area contributed by atoms with Gasteiger partial charge >= 0.3 is 29.6 Å². The fourth-order valence-corrected chi connectivity index (χ4v) is 2.35. The molecule has 0 fully saturated rings. The van der Waals surface area contributed by atoms with Gasteiger partial charge < -0.3 is 4.18 Å². The molecule has 0 unspecified atom stereocenters. The van der Waals surface area contributed by atoms with E-state index in [4.69, 9.17) is 0 Å².